The number of aromatic hydroxyl groups is 2. The SMILES string of the molecule is CC(C)(CN1CCC(Oc2ccc(O)cc2)CC1)OC(=O)OC(C)(C)CN1CCC(Oc2ccc(O)cc2)CC1. The van der Waals surface area contributed by atoms with Crippen LogP contribution in [-0.4, -0.2) is 88.8 Å². The maximum atomic E-state index is 12.8. The van der Waals surface area contributed by atoms with Crippen molar-refractivity contribution in [3.8, 4) is 23.0 Å². The van der Waals surface area contributed by atoms with E-state index >= 15 is 0 Å². The third-order valence-corrected chi connectivity index (χ3v) is 7.28. The van der Waals surface area contributed by atoms with Gasteiger partial charge in [0.1, 0.15) is 46.4 Å². The maximum absolute atomic E-state index is 12.8. The number of carbonyl (C=O) groups is 1. The second kappa shape index (κ2) is 13.0. The highest BCUT2D eigenvalue weighted by Crippen LogP contribution is 2.25. The molecule has 2 aliphatic heterocycles. The zero-order valence-electron chi connectivity index (χ0n) is 24.2. The van der Waals surface area contributed by atoms with E-state index in [9.17, 15) is 15.0 Å². The van der Waals surface area contributed by atoms with E-state index in [0.717, 1.165) is 63.4 Å². The molecule has 0 atom stereocenters. The Morgan fingerprint density at radius 2 is 1.00 bits per heavy atom. The molecular formula is C31H44N2O7. The fourth-order valence-corrected chi connectivity index (χ4v) is 5.42. The monoisotopic (exact) mass is 556 g/mol. The van der Waals surface area contributed by atoms with Crippen LogP contribution in [0.5, 0.6) is 23.0 Å². The largest absolute Gasteiger partial charge is 0.509 e. The van der Waals surface area contributed by atoms with Crippen molar-refractivity contribution >= 4 is 6.16 Å². The van der Waals surface area contributed by atoms with Crippen LogP contribution in [-0.2, 0) is 9.47 Å². The van der Waals surface area contributed by atoms with Gasteiger partial charge in [0, 0.05) is 39.3 Å². The van der Waals surface area contributed by atoms with Gasteiger partial charge in [-0.25, -0.2) is 4.79 Å². The summed E-state index contributed by atoms with van der Waals surface area (Å²) in [5.74, 6) is 1.97. The van der Waals surface area contributed by atoms with Gasteiger partial charge in [0.25, 0.3) is 0 Å². The predicted octanol–water partition coefficient (Wildman–Crippen LogP) is 5.19. The number of benzene rings is 2. The average molecular weight is 557 g/mol. The molecule has 220 valence electrons. The smallest absolute Gasteiger partial charge is 0.508 e. The topological polar surface area (TPSA) is 101 Å². The molecule has 0 amide bonds. The lowest BCUT2D eigenvalue weighted by Crippen LogP contribution is -2.49. The minimum atomic E-state index is -0.693. The lowest BCUT2D eigenvalue weighted by atomic mass is 10.0. The summed E-state index contributed by atoms with van der Waals surface area (Å²) in [4.78, 5) is 17.3. The van der Waals surface area contributed by atoms with Crippen molar-refractivity contribution in [2.24, 2.45) is 0 Å². The number of hydrogen-bond acceptors (Lipinski definition) is 9. The molecule has 2 heterocycles. The maximum Gasteiger partial charge on any atom is 0.509 e. The Labute approximate surface area is 237 Å². The van der Waals surface area contributed by atoms with Gasteiger partial charge in [0.05, 0.1) is 0 Å². The van der Waals surface area contributed by atoms with Gasteiger partial charge in [0.15, 0.2) is 0 Å². The van der Waals surface area contributed by atoms with E-state index in [1.165, 1.54) is 0 Å². The first kappa shape index (κ1) is 29.8. The molecule has 0 unspecified atom stereocenters. The second-order valence-electron chi connectivity index (χ2n) is 12.1. The predicted molar refractivity (Wildman–Crippen MR) is 152 cm³/mol. The summed E-state index contributed by atoms with van der Waals surface area (Å²) in [6.45, 7) is 12.3. The van der Waals surface area contributed by atoms with Crippen LogP contribution in [0.25, 0.3) is 0 Å². The zero-order chi connectivity index (χ0) is 28.8. The molecule has 0 aliphatic carbocycles. The fourth-order valence-electron chi connectivity index (χ4n) is 5.42. The van der Waals surface area contributed by atoms with E-state index in [0.29, 0.717) is 13.1 Å². The summed E-state index contributed by atoms with van der Waals surface area (Å²) in [5.41, 5.74) is -1.39. The van der Waals surface area contributed by atoms with Crippen molar-refractivity contribution in [1.82, 2.24) is 9.80 Å². The molecule has 0 spiro atoms. The summed E-state index contributed by atoms with van der Waals surface area (Å²) in [6, 6.07) is 13.6. The van der Waals surface area contributed by atoms with Crippen molar-refractivity contribution in [3.63, 3.8) is 0 Å². The highest BCUT2D eigenvalue weighted by molar-refractivity contribution is 5.61. The molecule has 9 nitrogen and oxygen atoms in total. The fraction of sp³-hybridized carbons (Fsp3) is 0.581. The first-order valence-electron chi connectivity index (χ1n) is 14.2. The number of hydrogen-bond donors (Lipinski definition) is 2. The van der Waals surface area contributed by atoms with E-state index in [1.807, 2.05) is 27.7 Å². The molecule has 2 saturated heterocycles. The molecule has 2 aromatic carbocycles. The molecule has 0 aromatic heterocycles. The first-order chi connectivity index (χ1) is 18.9. The number of phenols is 2. The lowest BCUT2D eigenvalue weighted by Gasteiger charge is -2.38. The van der Waals surface area contributed by atoms with Gasteiger partial charge in [-0.1, -0.05) is 0 Å². The second-order valence-corrected chi connectivity index (χ2v) is 12.1. The Hall–Kier alpha value is -3.17. The molecule has 0 bridgehead atoms. The molecule has 40 heavy (non-hydrogen) atoms. The number of piperidine rings is 2. The molecule has 2 aliphatic rings. The first-order valence-corrected chi connectivity index (χ1v) is 14.2. The minimum absolute atomic E-state index is 0.125. The number of phenolic OH excluding ortho intramolecular Hbond substituents is 2. The molecule has 2 N–H and O–H groups in total. The third kappa shape index (κ3) is 9.48. The van der Waals surface area contributed by atoms with Crippen LogP contribution < -0.4 is 9.47 Å². The summed E-state index contributed by atoms with van der Waals surface area (Å²) in [6.07, 6.45) is 3.12. The lowest BCUT2D eigenvalue weighted by molar-refractivity contribution is -0.0800. The van der Waals surface area contributed by atoms with Gasteiger partial charge in [-0.15, -0.1) is 0 Å². The van der Waals surface area contributed by atoms with Crippen LogP contribution in [0.3, 0.4) is 0 Å². The normalized spacial score (nSPS) is 18.3. The van der Waals surface area contributed by atoms with E-state index in [2.05, 4.69) is 9.80 Å². The van der Waals surface area contributed by atoms with E-state index in [1.54, 1.807) is 48.5 Å². The Kier molecular flexibility index (Phi) is 9.68. The van der Waals surface area contributed by atoms with Crippen LogP contribution in [0.15, 0.2) is 48.5 Å². The van der Waals surface area contributed by atoms with Crippen molar-refractivity contribution in [3.05, 3.63) is 48.5 Å². The van der Waals surface area contributed by atoms with Crippen molar-refractivity contribution in [2.45, 2.75) is 76.8 Å². The Balaban J connectivity index is 1.14. The minimum Gasteiger partial charge on any atom is -0.508 e. The van der Waals surface area contributed by atoms with E-state index < -0.39 is 17.4 Å². The zero-order valence-corrected chi connectivity index (χ0v) is 24.2. The van der Waals surface area contributed by atoms with Crippen LogP contribution >= 0.6 is 0 Å². The standard InChI is InChI=1S/C31H44N2O7/c1-30(2,21-32-17-13-27(14-18-32)37-25-9-5-23(34)6-10-25)39-29(36)40-31(3,4)22-33-19-15-28(16-20-33)38-26-11-7-24(35)8-12-26/h5-12,27-28,34-35H,13-22H2,1-4H3. The molecule has 2 aromatic rings. The van der Waals surface area contributed by atoms with Crippen LogP contribution in [0.4, 0.5) is 4.79 Å². The quantitative estimate of drug-likeness (QED) is 0.383. The molecule has 0 radical (unpaired) electrons. The molecule has 9 heteroatoms. The number of rotatable bonds is 10. The van der Waals surface area contributed by atoms with E-state index in [4.69, 9.17) is 18.9 Å². The van der Waals surface area contributed by atoms with Crippen LogP contribution in [0.1, 0.15) is 53.4 Å². The summed E-state index contributed by atoms with van der Waals surface area (Å²) in [7, 11) is 0. The Morgan fingerprint density at radius 1 is 0.675 bits per heavy atom. The highest BCUT2D eigenvalue weighted by atomic mass is 16.7. The van der Waals surface area contributed by atoms with Crippen molar-refractivity contribution in [1.29, 1.82) is 0 Å². The van der Waals surface area contributed by atoms with Crippen molar-refractivity contribution < 1.29 is 34.0 Å². The Bertz CT molecular complexity index is 986. The number of nitrogens with zero attached hydrogens (tertiary/aromatic N) is 2. The number of ether oxygens (including phenoxy) is 4. The summed E-state index contributed by atoms with van der Waals surface area (Å²) < 4.78 is 23.6. The van der Waals surface area contributed by atoms with E-state index in [-0.39, 0.29) is 23.7 Å². The summed E-state index contributed by atoms with van der Waals surface area (Å²) in [5, 5.41) is 18.9. The van der Waals surface area contributed by atoms with Gasteiger partial charge in [0.2, 0.25) is 0 Å². The summed E-state index contributed by atoms with van der Waals surface area (Å²) >= 11 is 0. The average Bonchev–Trinajstić information content (AvgIpc) is 2.88. The van der Waals surface area contributed by atoms with Crippen LogP contribution in [0, 0.1) is 0 Å². The third-order valence-electron chi connectivity index (χ3n) is 7.28. The van der Waals surface area contributed by atoms with Gasteiger partial charge < -0.3 is 29.2 Å². The van der Waals surface area contributed by atoms with Crippen molar-refractivity contribution in [2.75, 3.05) is 39.3 Å². The van der Waals surface area contributed by atoms with Gasteiger partial charge in [-0.2, -0.15) is 0 Å². The molecule has 4 rings (SSSR count). The van der Waals surface area contributed by atoms with Gasteiger partial charge in [-0.05, 0) is 102 Å². The number of likely N-dealkylation sites (tertiary alicyclic amines) is 2. The molecule has 2 fully saturated rings. The van der Waals surface area contributed by atoms with Gasteiger partial charge >= 0.3 is 6.16 Å². The van der Waals surface area contributed by atoms with Crippen LogP contribution in [0.2, 0.25) is 0 Å². The van der Waals surface area contributed by atoms with Gasteiger partial charge in [-0.3, -0.25) is 9.80 Å². The highest BCUT2D eigenvalue weighted by Gasteiger charge is 2.34. The number of carbonyl (C=O) groups excluding carboxylic acids is 1. The molecular weight excluding hydrogens is 512 g/mol. The Morgan fingerprint density at radius 3 is 1.32 bits per heavy atom. The molecule has 0 saturated carbocycles.